The molecule has 0 spiro atoms. The third kappa shape index (κ3) is 2.66. The molecule has 1 aromatic heterocycles. The van der Waals surface area contributed by atoms with Gasteiger partial charge in [-0.3, -0.25) is 0 Å². The minimum atomic E-state index is 0.576. The van der Waals surface area contributed by atoms with Gasteiger partial charge < -0.3 is 9.88 Å². The first-order valence-electron chi connectivity index (χ1n) is 8.52. The van der Waals surface area contributed by atoms with Crippen molar-refractivity contribution in [3.63, 3.8) is 0 Å². The van der Waals surface area contributed by atoms with Gasteiger partial charge in [-0.2, -0.15) is 0 Å². The number of imidazole rings is 1. The van der Waals surface area contributed by atoms with Crippen LogP contribution in [0.3, 0.4) is 0 Å². The second-order valence-electron chi connectivity index (χ2n) is 6.33. The van der Waals surface area contributed by atoms with E-state index in [-0.39, 0.29) is 0 Å². The zero-order valence-corrected chi connectivity index (χ0v) is 13.6. The highest BCUT2D eigenvalue weighted by atomic mass is 15.1. The van der Waals surface area contributed by atoms with Crippen molar-refractivity contribution in [1.29, 1.82) is 0 Å². The molecular formula is C18H27N3. The van der Waals surface area contributed by atoms with Gasteiger partial charge in [0.2, 0.25) is 0 Å². The van der Waals surface area contributed by atoms with E-state index in [0.717, 1.165) is 25.8 Å². The molecule has 2 aromatic rings. The highest BCUT2D eigenvalue weighted by Crippen LogP contribution is 2.32. The van der Waals surface area contributed by atoms with Gasteiger partial charge in [-0.1, -0.05) is 20.3 Å². The van der Waals surface area contributed by atoms with Crippen LogP contribution < -0.4 is 5.32 Å². The Morgan fingerprint density at radius 3 is 2.90 bits per heavy atom. The summed E-state index contributed by atoms with van der Waals surface area (Å²) in [5.41, 5.74) is 5.30. The predicted octanol–water partition coefficient (Wildman–Crippen LogP) is 4.54. The van der Waals surface area contributed by atoms with Gasteiger partial charge >= 0.3 is 0 Å². The van der Waals surface area contributed by atoms with E-state index >= 15 is 0 Å². The predicted molar refractivity (Wildman–Crippen MR) is 90.0 cm³/mol. The standard InChI is InChI=1S/C18H27N3/c1-4-6-12-21-16-11-10-15-14(9-8-13(3)19-15)18(16)20-17(21)7-5-2/h10-11,13,19H,4-9,12H2,1-3H3. The Morgan fingerprint density at radius 1 is 1.29 bits per heavy atom. The summed E-state index contributed by atoms with van der Waals surface area (Å²) in [4.78, 5) is 5.02. The second kappa shape index (κ2) is 6.08. The molecule has 0 bridgehead atoms. The molecular weight excluding hydrogens is 258 g/mol. The van der Waals surface area contributed by atoms with Crippen LogP contribution in [0.25, 0.3) is 11.0 Å². The van der Waals surface area contributed by atoms with E-state index in [1.165, 1.54) is 47.4 Å². The summed E-state index contributed by atoms with van der Waals surface area (Å²) in [7, 11) is 0. The van der Waals surface area contributed by atoms with Gasteiger partial charge in [0, 0.05) is 30.3 Å². The van der Waals surface area contributed by atoms with Gasteiger partial charge in [0.15, 0.2) is 0 Å². The van der Waals surface area contributed by atoms with Crippen molar-refractivity contribution in [2.45, 2.75) is 71.9 Å². The summed E-state index contributed by atoms with van der Waals surface area (Å²) >= 11 is 0. The first-order chi connectivity index (χ1) is 10.2. The Kier molecular flexibility index (Phi) is 4.18. The zero-order valence-electron chi connectivity index (χ0n) is 13.6. The molecule has 0 amide bonds. The summed E-state index contributed by atoms with van der Waals surface area (Å²) in [5.74, 6) is 1.27. The first kappa shape index (κ1) is 14.4. The maximum absolute atomic E-state index is 5.02. The Morgan fingerprint density at radius 2 is 2.14 bits per heavy atom. The Bertz CT molecular complexity index is 627. The largest absolute Gasteiger partial charge is 0.382 e. The molecule has 21 heavy (non-hydrogen) atoms. The van der Waals surface area contributed by atoms with E-state index in [4.69, 9.17) is 4.98 Å². The molecule has 0 saturated carbocycles. The van der Waals surface area contributed by atoms with E-state index in [1.807, 2.05) is 0 Å². The van der Waals surface area contributed by atoms with Crippen LogP contribution in [-0.2, 0) is 19.4 Å². The summed E-state index contributed by atoms with van der Waals surface area (Å²) in [6.07, 6.45) is 7.06. The van der Waals surface area contributed by atoms with Gasteiger partial charge in [-0.15, -0.1) is 0 Å². The van der Waals surface area contributed by atoms with Crippen LogP contribution in [0.5, 0.6) is 0 Å². The van der Waals surface area contributed by atoms with Crippen molar-refractivity contribution in [3.05, 3.63) is 23.5 Å². The van der Waals surface area contributed by atoms with Gasteiger partial charge in [0.25, 0.3) is 0 Å². The average molecular weight is 285 g/mol. The lowest BCUT2D eigenvalue weighted by molar-refractivity contribution is 0.611. The molecule has 0 saturated heterocycles. The van der Waals surface area contributed by atoms with Crippen molar-refractivity contribution >= 4 is 16.7 Å². The third-order valence-corrected chi connectivity index (χ3v) is 4.54. The molecule has 1 unspecified atom stereocenters. The molecule has 3 rings (SSSR count). The number of hydrogen-bond acceptors (Lipinski definition) is 2. The highest BCUT2D eigenvalue weighted by Gasteiger charge is 2.20. The number of hydrogen-bond donors (Lipinski definition) is 1. The molecule has 3 heteroatoms. The lowest BCUT2D eigenvalue weighted by Crippen LogP contribution is -2.22. The van der Waals surface area contributed by atoms with Crippen molar-refractivity contribution < 1.29 is 0 Å². The number of fused-ring (bicyclic) bond motifs is 3. The van der Waals surface area contributed by atoms with Crippen molar-refractivity contribution in [2.24, 2.45) is 0 Å². The molecule has 2 heterocycles. The minimum absolute atomic E-state index is 0.576. The number of rotatable bonds is 5. The monoisotopic (exact) mass is 285 g/mol. The molecule has 1 atom stereocenters. The Labute approximate surface area is 127 Å². The fourth-order valence-electron chi connectivity index (χ4n) is 3.36. The molecule has 0 fully saturated rings. The van der Waals surface area contributed by atoms with Crippen molar-refractivity contribution in [1.82, 2.24) is 9.55 Å². The Hall–Kier alpha value is -1.51. The summed E-state index contributed by atoms with van der Waals surface area (Å²) in [6, 6.07) is 5.10. The maximum Gasteiger partial charge on any atom is 0.109 e. The average Bonchev–Trinajstić information content (AvgIpc) is 2.83. The number of anilines is 1. The topological polar surface area (TPSA) is 29.9 Å². The lowest BCUT2D eigenvalue weighted by atomic mass is 9.98. The Balaban J connectivity index is 2.09. The minimum Gasteiger partial charge on any atom is -0.382 e. The zero-order chi connectivity index (χ0) is 14.8. The number of nitrogens with zero attached hydrogens (tertiary/aromatic N) is 2. The smallest absolute Gasteiger partial charge is 0.109 e. The summed E-state index contributed by atoms with van der Waals surface area (Å²) in [6.45, 7) is 7.86. The maximum atomic E-state index is 5.02. The van der Waals surface area contributed by atoms with Crippen LogP contribution in [0.15, 0.2) is 12.1 Å². The van der Waals surface area contributed by atoms with E-state index in [1.54, 1.807) is 0 Å². The first-order valence-corrected chi connectivity index (χ1v) is 8.52. The van der Waals surface area contributed by atoms with E-state index in [9.17, 15) is 0 Å². The van der Waals surface area contributed by atoms with Crippen molar-refractivity contribution in [3.8, 4) is 0 Å². The lowest BCUT2D eigenvalue weighted by Gasteiger charge is -2.24. The van der Waals surface area contributed by atoms with Crippen LogP contribution in [0.1, 0.15) is 57.8 Å². The van der Waals surface area contributed by atoms with Crippen LogP contribution in [0, 0.1) is 0 Å². The fraction of sp³-hybridized carbons (Fsp3) is 0.611. The molecule has 3 nitrogen and oxygen atoms in total. The molecule has 1 aliphatic rings. The van der Waals surface area contributed by atoms with Crippen molar-refractivity contribution in [2.75, 3.05) is 5.32 Å². The fourth-order valence-corrected chi connectivity index (χ4v) is 3.36. The molecule has 1 N–H and O–H groups in total. The third-order valence-electron chi connectivity index (χ3n) is 4.54. The molecule has 1 aromatic carbocycles. The van der Waals surface area contributed by atoms with E-state index in [2.05, 4.69) is 42.8 Å². The number of aromatic nitrogens is 2. The molecule has 1 aliphatic heterocycles. The summed E-state index contributed by atoms with van der Waals surface area (Å²) < 4.78 is 2.46. The van der Waals surface area contributed by atoms with Crippen LogP contribution >= 0.6 is 0 Å². The van der Waals surface area contributed by atoms with E-state index in [0.29, 0.717) is 6.04 Å². The second-order valence-corrected chi connectivity index (χ2v) is 6.33. The molecule has 0 radical (unpaired) electrons. The van der Waals surface area contributed by atoms with Gasteiger partial charge in [-0.05, 0) is 44.7 Å². The van der Waals surface area contributed by atoms with Gasteiger partial charge in [-0.25, -0.2) is 4.98 Å². The van der Waals surface area contributed by atoms with Crippen LogP contribution in [0.4, 0.5) is 5.69 Å². The number of nitrogens with one attached hydrogen (secondary N) is 1. The summed E-state index contributed by atoms with van der Waals surface area (Å²) in [5, 5.41) is 3.61. The van der Waals surface area contributed by atoms with E-state index < -0.39 is 0 Å². The quantitative estimate of drug-likeness (QED) is 0.874. The number of benzene rings is 1. The highest BCUT2D eigenvalue weighted by molar-refractivity contribution is 5.86. The number of unbranched alkanes of at least 4 members (excludes halogenated alkanes) is 1. The van der Waals surface area contributed by atoms with Gasteiger partial charge in [0.05, 0.1) is 11.0 Å². The van der Waals surface area contributed by atoms with Crippen LogP contribution in [0.2, 0.25) is 0 Å². The molecule has 0 aliphatic carbocycles. The SMILES string of the molecule is CCCCn1c(CCC)nc2c3c(ccc21)NC(C)CC3. The van der Waals surface area contributed by atoms with Crippen LogP contribution in [-0.4, -0.2) is 15.6 Å². The van der Waals surface area contributed by atoms with Gasteiger partial charge in [0.1, 0.15) is 5.82 Å². The normalized spacial score (nSPS) is 17.8. The molecule has 114 valence electrons. The number of aryl methyl sites for hydroxylation is 3.